The molecule has 5 nitrogen and oxygen atoms in total. The zero-order valence-corrected chi connectivity index (χ0v) is 11.7. The molecule has 0 radical (unpaired) electrons. The Kier molecular flexibility index (Phi) is 8.10. The van der Waals surface area contributed by atoms with Crippen LogP contribution >= 0.6 is 0 Å². The molecule has 1 rings (SSSR count). The largest absolute Gasteiger partial charge is 0.462 e. The molecule has 5 heteroatoms. The Bertz CT molecular complexity index is 432. The van der Waals surface area contributed by atoms with Gasteiger partial charge in [-0.05, 0) is 23.8 Å². The van der Waals surface area contributed by atoms with E-state index in [1.165, 1.54) is 6.08 Å². The van der Waals surface area contributed by atoms with Crippen molar-refractivity contribution in [2.24, 2.45) is 0 Å². The molecule has 0 amide bonds. The van der Waals surface area contributed by atoms with Gasteiger partial charge >= 0.3 is 5.97 Å². The molecule has 0 aliphatic rings. The molecule has 1 aromatic rings. The molecule has 2 N–H and O–H groups in total. The van der Waals surface area contributed by atoms with E-state index in [1.54, 1.807) is 25.3 Å². The van der Waals surface area contributed by atoms with E-state index in [9.17, 15) is 4.79 Å². The summed E-state index contributed by atoms with van der Waals surface area (Å²) in [6.45, 7) is 2.02. The summed E-state index contributed by atoms with van der Waals surface area (Å²) in [5, 5.41) is 0. The molecule has 0 spiro atoms. The molecular formula is C15H21NO4. The van der Waals surface area contributed by atoms with Gasteiger partial charge in [0.2, 0.25) is 0 Å². The second kappa shape index (κ2) is 10.00. The Morgan fingerprint density at radius 2 is 2.10 bits per heavy atom. The fourth-order valence-electron chi connectivity index (χ4n) is 1.45. The smallest absolute Gasteiger partial charge is 0.330 e. The quantitative estimate of drug-likeness (QED) is 0.323. The van der Waals surface area contributed by atoms with Crippen LogP contribution in [0.25, 0.3) is 6.08 Å². The van der Waals surface area contributed by atoms with Crippen LogP contribution in [0.15, 0.2) is 30.3 Å². The highest BCUT2D eigenvalue weighted by atomic mass is 16.5. The highest BCUT2D eigenvalue weighted by Crippen LogP contribution is 2.08. The highest BCUT2D eigenvalue weighted by molar-refractivity contribution is 5.87. The van der Waals surface area contributed by atoms with Gasteiger partial charge in [0.25, 0.3) is 0 Å². The van der Waals surface area contributed by atoms with E-state index in [2.05, 4.69) is 0 Å². The van der Waals surface area contributed by atoms with Crippen molar-refractivity contribution in [2.45, 2.75) is 6.42 Å². The van der Waals surface area contributed by atoms with Crippen molar-refractivity contribution >= 4 is 17.7 Å². The molecular weight excluding hydrogens is 258 g/mol. The van der Waals surface area contributed by atoms with Gasteiger partial charge in [-0.1, -0.05) is 12.1 Å². The van der Waals surface area contributed by atoms with Crippen molar-refractivity contribution in [2.75, 3.05) is 39.3 Å². The molecule has 0 heterocycles. The van der Waals surface area contributed by atoms with Crippen molar-refractivity contribution in [1.29, 1.82) is 0 Å². The summed E-state index contributed by atoms with van der Waals surface area (Å²) in [5.74, 6) is -0.371. The fraction of sp³-hybridized carbons (Fsp3) is 0.400. The number of hydrogen-bond donors (Lipinski definition) is 1. The summed E-state index contributed by atoms with van der Waals surface area (Å²) >= 11 is 0. The van der Waals surface area contributed by atoms with Gasteiger partial charge in [0.1, 0.15) is 0 Å². The summed E-state index contributed by atoms with van der Waals surface area (Å²) in [7, 11) is 1.62. The lowest BCUT2D eigenvalue weighted by Crippen LogP contribution is -2.07. The topological polar surface area (TPSA) is 70.8 Å². The van der Waals surface area contributed by atoms with Gasteiger partial charge in [-0.15, -0.1) is 0 Å². The number of methoxy groups -OCH3 is 1. The molecule has 0 aliphatic carbocycles. The Labute approximate surface area is 119 Å². The Balaban J connectivity index is 2.14. The Morgan fingerprint density at radius 3 is 2.85 bits per heavy atom. The molecule has 0 saturated carbocycles. The van der Waals surface area contributed by atoms with Gasteiger partial charge in [0.05, 0.1) is 19.8 Å². The van der Waals surface area contributed by atoms with E-state index >= 15 is 0 Å². The number of anilines is 1. The van der Waals surface area contributed by atoms with Crippen molar-refractivity contribution < 1.29 is 19.0 Å². The third-order valence-corrected chi connectivity index (χ3v) is 2.43. The molecule has 0 saturated heterocycles. The minimum absolute atomic E-state index is 0.340. The molecule has 0 aliphatic heterocycles. The summed E-state index contributed by atoms with van der Waals surface area (Å²) in [4.78, 5) is 11.4. The molecule has 0 aromatic heterocycles. The van der Waals surface area contributed by atoms with E-state index in [0.717, 1.165) is 5.56 Å². The van der Waals surface area contributed by atoms with Crippen LogP contribution in [0.4, 0.5) is 5.69 Å². The van der Waals surface area contributed by atoms with Crippen molar-refractivity contribution in [3.63, 3.8) is 0 Å². The maximum atomic E-state index is 11.4. The molecule has 20 heavy (non-hydrogen) atoms. The zero-order chi connectivity index (χ0) is 14.6. The Morgan fingerprint density at radius 1 is 1.25 bits per heavy atom. The second-order valence-electron chi connectivity index (χ2n) is 4.13. The van der Waals surface area contributed by atoms with Crippen LogP contribution in [-0.2, 0) is 19.0 Å². The van der Waals surface area contributed by atoms with Crippen LogP contribution < -0.4 is 5.73 Å². The van der Waals surface area contributed by atoms with Gasteiger partial charge in [-0.2, -0.15) is 0 Å². The zero-order valence-electron chi connectivity index (χ0n) is 11.7. The van der Waals surface area contributed by atoms with E-state index in [-0.39, 0.29) is 5.97 Å². The first-order chi connectivity index (χ1) is 9.72. The van der Waals surface area contributed by atoms with E-state index in [4.69, 9.17) is 19.9 Å². The maximum absolute atomic E-state index is 11.4. The minimum Gasteiger partial charge on any atom is -0.462 e. The van der Waals surface area contributed by atoms with Crippen LogP contribution in [0, 0.1) is 0 Å². The molecule has 0 bridgehead atoms. The van der Waals surface area contributed by atoms with Crippen LogP contribution in [0.1, 0.15) is 12.0 Å². The number of carbonyl (C=O) groups is 1. The van der Waals surface area contributed by atoms with Gasteiger partial charge in [-0.25, -0.2) is 4.79 Å². The van der Waals surface area contributed by atoms with Gasteiger partial charge in [0, 0.05) is 31.9 Å². The molecule has 0 fully saturated rings. The number of carbonyl (C=O) groups excluding carboxylic acids is 1. The monoisotopic (exact) mass is 279 g/mol. The molecule has 1 aromatic carbocycles. The second-order valence-corrected chi connectivity index (χ2v) is 4.13. The molecule has 0 atom stereocenters. The number of hydrogen-bond acceptors (Lipinski definition) is 5. The lowest BCUT2D eigenvalue weighted by molar-refractivity contribution is -0.138. The van der Waals surface area contributed by atoms with Gasteiger partial charge < -0.3 is 19.9 Å². The number of ether oxygens (including phenoxy) is 3. The van der Waals surface area contributed by atoms with E-state index < -0.39 is 0 Å². The third-order valence-electron chi connectivity index (χ3n) is 2.43. The summed E-state index contributed by atoms with van der Waals surface area (Å²) in [6.07, 6.45) is 3.73. The molecule has 110 valence electrons. The number of benzene rings is 1. The highest BCUT2D eigenvalue weighted by Gasteiger charge is 1.97. The Hall–Kier alpha value is -1.85. The fourth-order valence-corrected chi connectivity index (χ4v) is 1.45. The summed E-state index contributed by atoms with van der Waals surface area (Å²) in [6, 6.07) is 7.27. The van der Waals surface area contributed by atoms with E-state index in [0.29, 0.717) is 38.5 Å². The first-order valence-corrected chi connectivity index (χ1v) is 6.49. The standard InChI is InChI=1S/C15H21NO4/c1-18-10-11-19-8-3-9-20-15(17)7-6-13-4-2-5-14(16)12-13/h2,4-7,12H,3,8-11,16H2,1H3/b7-6+. The average molecular weight is 279 g/mol. The third kappa shape index (κ3) is 7.56. The SMILES string of the molecule is COCCOCCCOC(=O)/C=C/c1cccc(N)c1. The number of esters is 1. The minimum atomic E-state index is -0.371. The van der Waals surface area contributed by atoms with Crippen LogP contribution in [-0.4, -0.2) is 39.5 Å². The lowest BCUT2D eigenvalue weighted by atomic mass is 10.2. The summed E-state index contributed by atoms with van der Waals surface area (Å²) < 4.78 is 15.1. The first-order valence-electron chi connectivity index (χ1n) is 6.49. The summed E-state index contributed by atoms with van der Waals surface area (Å²) in [5.41, 5.74) is 7.17. The van der Waals surface area contributed by atoms with Crippen molar-refractivity contribution in [1.82, 2.24) is 0 Å². The first kappa shape index (κ1) is 16.2. The van der Waals surface area contributed by atoms with Crippen LogP contribution in [0.2, 0.25) is 0 Å². The van der Waals surface area contributed by atoms with Gasteiger partial charge in [0.15, 0.2) is 0 Å². The number of nitrogens with two attached hydrogens (primary N) is 1. The van der Waals surface area contributed by atoms with E-state index in [1.807, 2.05) is 12.1 Å². The van der Waals surface area contributed by atoms with Crippen LogP contribution in [0.3, 0.4) is 0 Å². The maximum Gasteiger partial charge on any atom is 0.330 e. The molecule has 0 unspecified atom stereocenters. The predicted octanol–water partition coefficient (Wildman–Crippen LogP) is 1.88. The number of rotatable bonds is 9. The predicted molar refractivity (Wildman–Crippen MR) is 78.2 cm³/mol. The normalized spacial score (nSPS) is 10.8. The van der Waals surface area contributed by atoms with Crippen molar-refractivity contribution in [3.05, 3.63) is 35.9 Å². The average Bonchev–Trinajstić information content (AvgIpc) is 2.44. The van der Waals surface area contributed by atoms with Crippen LogP contribution in [0.5, 0.6) is 0 Å². The number of nitrogen functional groups attached to an aromatic ring is 1. The van der Waals surface area contributed by atoms with Gasteiger partial charge in [-0.3, -0.25) is 0 Å². The van der Waals surface area contributed by atoms with Crippen molar-refractivity contribution in [3.8, 4) is 0 Å². The lowest BCUT2D eigenvalue weighted by Gasteiger charge is -2.04.